The molecule has 0 atom stereocenters. The Morgan fingerprint density at radius 3 is 2.78 bits per heavy atom. The molecule has 3 rings (SSSR count). The van der Waals surface area contributed by atoms with E-state index in [0.29, 0.717) is 23.4 Å². The number of aromatic carboxylic acids is 1. The molecular weight excluding hydrogens is 410 g/mol. The molecule has 0 saturated carbocycles. The van der Waals surface area contributed by atoms with E-state index in [-0.39, 0.29) is 11.3 Å². The van der Waals surface area contributed by atoms with Gasteiger partial charge in [0.15, 0.2) is 5.82 Å². The van der Waals surface area contributed by atoms with Crippen molar-refractivity contribution in [2.24, 2.45) is 0 Å². The Labute approximate surface area is 146 Å². The normalized spacial score (nSPS) is 12.8. The van der Waals surface area contributed by atoms with Gasteiger partial charge in [-0.3, -0.25) is 0 Å². The van der Waals surface area contributed by atoms with Crippen molar-refractivity contribution in [1.82, 2.24) is 0 Å². The molecule has 2 N–H and O–H groups in total. The van der Waals surface area contributed by atoms with E-state index < -0.39 is 11.8 Å². The molecule has 0 unspecified atom stereocenters. The molecule has 0 amide bonds. The molecule has 0 spiro atoms. The van der Waals surface area contributed by atoms with Gasteiger partial charge in [0, 0.05) is 15.3 Å². The first-order valence-electron chi connectivity index (χ1n) is 7.06. The molecule has 0 radical (unpaired) electrons. The van der Waals surface area contributed by atoms with Gasteiger partial charge in [0.25, 0.3) is 0 Å². The van der Waals surface area contributed by atoms with Gasteiger partial charge in [-0.1, -0.05) is 0 Å². The summed E-state index contributed by atoms with van der Waals surface area (Å²) in [4.78, 5) is 11.6. The molecule has 2 aromatic rings. The fourth-order valence-corrected chi connectivity index (χ4v) is 3.35. The Balaban J connectivity index is 2.14. The summed E-state index contributed by atoms with van der Waals surface area (Å²) in [5, 5.41) is 12.4. The third-order valence-corrected chi connectivity index (χ3v) is 4.64. The maximum Gasteiger partial charge on any atom is 0.338 e. The minimum atomic E-state index is -1.15. The first-order chi connectivity index (χ1) is 10.9. The van der Waals surface area contributed by atoms with Gasteiger partial charge in [-0.25, -0.2) is 13.8 Å². The second-order valence-corrected chi connectivity index (χ2v) is 6.74. The highest BCUT2D eigenvalue weighted by Gasteiger charge is 2.29. The lowest BCUT2D eigenvalue weighted by atomic mass is 10.0. The standard InChI is InChI=1S/C17H14FIN2O2/c1-9-7-10(19)3-4-13(9)20-16-12(17(22)23)8-14-11(15(16)18)5-6-21(14)2/h3-4,6-8,20H,5H2,1-2H3/p+1. The zero-order valence-corrected chi connectivity index (χ0v) is 14.8. The van der Waals surface area contributed by atoms with Crippen LogP contribution in [0.3, 0.4) is 0 Å². The first-order valence-corrected chi connectivity index (χ1v) is 8.14. The van der Waals surface area contributed by atoms with Crippen LogP contribution >= 0.6 is 22.6 Å². The van der Waals surface area contributed by atoms with Gasteiger partial charge in [-0.05, 0) is 53.3 Å². The van der Waals surface area contributed by atoms with Crippen molar-refractivity contribution in [1.29, 1.82) is 0 Å². The number of fused-ring (bicyclic) bond motifs is 1. The molecule has 0 aliphatic carbocycles. The predicted octanol–water partition coefficient (Wildman–Crippen LogP) is 4.08. The van der Waals surface area contributed by atoms with E-state index in [1.54, 1.807) is 11.6 Å². The van der Waals surface area contributed by atoms with Crippen LogP contribution in [0, 0.1) is 16.3 Å². The third kappa shape index (κ3) is 2.83. The van der Waals surface area contributed by atoms with Gasteiger partial charge in [0.05, 0.1) is 23.2 Å². The Hall–Kier alpha value is -1.96. The largest absolute Gasteiger partial charge is 0.478 e. The number of nitrogens with zero attached hydrogens (tertiary/aromatic N) is 1. The zero-order chi connectivity index (χ0) is 16.7. The van der Waals surface area contributed by atoms with Gasteiger partial charge in [0.2, 0.25) is 5.69 Å². The fraction of sp³-hybridized carbons (Fsp3) is 0.176. The molecule has 118 valence electrons. The molecule has 1 aliphatic rings. The van der Waals surface area contributed by atoms with Crippen LogP contribution in [0.5, 0.6) is 0 Å². The molecule has 0 bridgehead atoms. The molecule has 6 heteroatoms. The molecule has 2 aromatic carbocycles. The number of benzene rings is 2. The van der Waals surface area contributed by atoms with Crippen LogP contribution in [-0.2, 0) is 6.42 Å². The smallest absolute Gasteiger partial charge is 0.338 e. The van der Waals surface area contributed by atoms with Crippen LogP contribution in [0.2, 0.25) is 0 Å². The number of carboxylic acids is 1. The Kier molecular flexibility index (Phi) is 4.09. The maximum absolute atomic E-state index is 14.9. The number of halogens is 2. The molecule has 0 saturated heterocycles. The van der Waals surface area contributed by atoms with Crippen molar-refractivity contribution < 1.29 is 18.9 Å². The van der Waals surface area contributed by atoms with Crippen molar-refractivity contribution >= 4 is 51.8 Å². The number of hydrogen-bond donors (Lipinski definition) is 2. The predicted molar refractivity (Wildman–Crippen MR) is 96.2 cm³/mol. The van der Waals surface area contributed by atoms with E-state index in [2.05, 4.69) is 27.9 Å². The number of anilines is 2. The zero-order valence-electron chi connectivity index (χ0n) is 12.7. The number of rotatable bonds is 3. The van der Waals surface area contributed by atoms with Crippen LogP contribution in [0.25, 0.3) is 0 Å². The average molecular weight is 425 g/mol. The van der Waals surface area contributed by atoms with Gasteiger partial charge in [0.1, 0.15) is 13.3 Å². The Morgan fingerprint density at radius 2 is 2.13 bits per heavy atom. The van der Waals surface area contributed by atoms with Crippen LogP contribution in [-0.4, -0.2) is 28.9 Å². The third-order valence-electron chi connectivity index (χ3n) is 3.97. The van der Waals surface area contributed by atoms with Crippen LogP contribution < -0.4 is 5.32 Å². The highest BCUT2D eigenvalue weighted by atomic mass is 127. The molecule has 0 aromatic heterocycles. The van der Waals surface area contributed by atoms with Crippen molar-refractivity contribution in [2.75, 3.05) is 12.4 Å². The molecule has 1 aliphatic heterocycles. The number of aryl methyl sites for hydroxylation is 1. The highest BCUT2D eigenvalue weighted by Crippen LogP contribution is 2.36. The summed E-state index contributed by atoms with van der Waals surface area (Å²) >= 11 is 2.20. The average Bonchev–Trinajstić information content (AvgIpc) is 2.85. The lowest BCUT2D eigenvalue weighted by molar-refractivity contribution is -0.396. The topological polar surface area (TPSA) is 52.3 Å². The SMILES string of the molecule is Cc1cc(I)ccc1Nc1c(C(=O)O)cc2c(c1F)CC=[N+]2C. The molecule has 1 heterocycles. The molecular formula is C17H15FIN2O2+. The number of nitrogens with one attached hydrogen (secondary N) is 1. The summed E-state index contributed by atoms with van der Waals surface area (Å²) in [6.07, 6.45) is 2.29. The second kappa shape index (κ2) is 5.92. The fourth-order valence-electron chi connectivity index (χ4n) is 2.71. The van der Waals surface area contributed by atoms with Gasteiger partial charge in [-0.2, -0.15) is 0 Å². The lowest BCUT2D eigenvalue weighted by Gasteiger charge is -2.14. The Morgan fingerprint density at radius 1 is 1.39 bits per heavy atom. The summed E-state index contributed by atoms with van der Waals surface area (Å²) in [5.74, 6) is -1.66. The van der Waals surface area contributed by atoms with Crippen molar-refractivity contribution in [2.45, 2.75) is 13.3 Å². The van der Waals surface area contributed by atoms with E-state index in [0.717, 1.165) is 9.13 Å². The van der Waals surface area contributed by atoms with Gasteiger partial charge in [-0.15, -0.1) is 0 Å². The van der Waals surface area contributed by atoms with E-state index >= 15 is 0 Å². The Bertz CT molecular complexity index is 862. The summed E-state index contributed by atoms with van der Waals surface area (Å²) < 4.78 is 17.7. The van der Waals surface area contributed by atoms with E-state index in [9.17, 15) is 14.3 Å². The van der Waals surface area contributed by atoms with Crippen LogP contribution in [0.15, 0.2) is 24.3 Å². The summed E-state index contributed by atoms with van der Waals surface area (Å²) in [6, 6.07) is 7.20. The van der Waals surface area contributed by atoms with E-state index in [1.165, 1.54) is 6.07 Å². The number of hydrogen-bond acceptors (Lipinski definition) is 2. The minimum Gasteiger partial charge on any atom is -0.478 e. The molecule has 4 nitrogen and oxygen atoms in total. The number of carbonyl (C=O) groups is 1. The maximum atomic E-state index is 14.9. The summed E-state index contributed by atoms with van der Waals surface area (Å²) in [7, 11) is 1.79. The van der Waals surface area contributed by atoms with Crippen molar-refractivity contribution in [3.05, 3.63) is 50.3 Å². The lowest BCUT2D eigenvalue weighted by Crippen LogP contribution is -2.08. The molecule has 0 fully saturated rings. The summed E-state index contributed by atoms with van der Waals surface area (Å²) in [6.45, 7) is 1.90. The van der Waals surface area contributed by atoms with Crippen LogP contribution in [0.1, 0.15) is 21.5 Å². The summed E-state index contributed by atoms with van der Waals surface area (Å²) in [5.41, 5.74) is 2.69. The highest BCUT2D eigenvalue weighted by molar-refractivity contribution is 14.1. The first kappa shape index (κ1) is 15.9. The van der Waals surface area contributed by atoms with E-state index in [4.69, 9.17) is 0 Å². The minimum absolute atomic E-state index is 0.0178. The van der Waals surface area contributed by atoms with Gasteiger partial charge >= 0.3 is 5.97 Å². The van der Waals surface area contributed by atoms with Crippen molar-refractivity contribution in [3.63, 3.8) is 0 Å². The van der Waals surface area contributed by atoms with E-state index in [1.807, 2.05) is 31.3 Å². The second-order valence-electron chi connectivity index (χ2n) is 5.50. The van der Waals surface area contributed by atoms with Crippen LogP contribution in [0.4, 0.5) is 21.5 Å². The monoisotopic (exact) mass is 425 g/mol. The molecule has 23 heavy (non-hydrogen) atoms. The number of carboxylic acid groups (broad SMARTS) is 1. The quantitative estimate of drug-likeness (QED) is 0.576. The van der Waals surface area contributed by atoms with Crippen molar-refractivity contribution in [3.8, 4) is 0 Å². The van der Waals surface area contributed by atoms with Gasteiger partial charge < -0.3 is 10.4 Å².